The number of nitrogens with one attached hydrogen (secondary N) is 1. The van der Waals surface area contributed by atoms with Gasteiger partial charge in [0.15, 0.2) is 5.96 Å². The summed E-state index contributed by atoms with van der Waals surface area (Å²) in [7, 11) is 0. The molecule has 1 aliphatic heterocycles. The lowest BCUT2D eigenvalue weighted by Crippen LogP contribution is -2.29. The predicted molar refractivity (Wildman–Crippen MR) is 45.0 cm³/mol. The van der Waals surface area contributed by atoms with Gasteiger partial charge in [0.2, 0.25) is 0 Å². The number of aliphatic imine (C=N–C) groups is 1. The Kier molecular flexibility index (Phi) is 1.10. The standard InChI is InChI=1S/C8H11N3/c1-8-5-3-2-4-6(8)10-7(9)11-8/h2-4H,5H2,1H3,(H3,9,10,11). The molecule has 1 heterocycles. The maximum absolute atomic E-state index is 5.55. The second kappa shape index (κ2) is 1.87. The number of fused-ring (bicyclic) bond motifs is 1. The van der Waals surface area contributed by atoms with Crippen LogP contribution in [0.3, 0.4) is 0 Å². The van der Waals surface area contributed by atoms with E-state index in [2.05, 4.69) is 23.3 Å². The summed E-state index contributed by atoms with van der Waals surface area (Å²) in [6.45, 7) is 2.08. The van der Waals surface area contributed by atoms with Crippen molar-refractivity contribution in [2.24, 2.45) is 10.7 Å². The van der Waals surface area contributed by atoms with Gasteiger partial charge in [-0.25, -0.2) is 4.99 Å². The number of guanidine groups is 1. The van der Waals surface area contributed by atoms with Crippen molar-refractivity contribution in [3.8, 4) is 0 Å². The van der Waals surface area contributed by atoms with E-state index in [0.29, 0.717) is 5.96 Å². The lowest BCUT2D eigenvalue weighted by Gasteiger charge is -2.22. The average molecular weight is 149 g/mol. The summed E-state index contributed by atoms with van der Waals surface area (Å²) in [5.74, 6) is 0.530. The van der Waals surface area contributed by atoms with Crippen molar-refractivity contribution in [2.45, 2.75) is 18.9 Å². The maximum atomic E-state index is 5.55. The van der Waals surface area contributed by atoms with E-state index in [0.717, 1.165) is 12.1 Å². The Morgan fingerprint density at radius 1 is 1.73 bits per heavy atom. The fourth-order valence-electron chi connectivity index (χ4n) is 1.47. The number of hydrogen-bond donors (Lipinski definition) is 2. The van der Waals surface area contributed by atoms with E-state index < -0.39 is 0 Å². The fourth-order valence-corrected chi connectivity index (χ4v) is 1.47. The van der Waals surface area contributed by atoms with E-state index in [9.17, 15) is 0 Å². The minimum Gasteiger partial charge on any atom is -0.370 e. The number of rotatable bonds is 0. The molecule has 0 amide bonds. The highest BCUT2D eigenvalue weighted by molar-refractivity contribution is 5.84. The molecular formula is C8H11N3. The molecular weight excluding hydrogens is 138 g/mol. The molecule has 0 fully saturated rings. The molecule has 2 aliphatic rings. The van der Waals surface area contributed by atoms with Crippen molar-refractivity contribution in [3.63, 3.8) is 0 Å². The van der Waals surface area contributed by atoms with Gasteiger partial charge in [0.25, 0.3) is 0 Å². The lowest BCUT2D eigenvalue weighted by atomic mass is 9.91. The molecule has 0 radical (unpaired) electrons. The van der Waals surface area contributed by atoms with Crippen LogP contribution in [0.15, 0.2) is 28.9 Å². The van der Waals surface area contributed by atoms with Crippen molar-refractivity contribution in [1.29, 1.82) is 0 Å². The van der Waals surface area contributed by atoms with Crippen LogP contribution >= 0.6 is 0 Å². The van der Waals surface area contributed by atoms with Crippen molar-refractivity contribution >= 4 is 5.96 Å². The van der Waals surface area contributed by atoms with Gasteiger partial charge in [-0.15, -0.1) is 0 Å². The predicted octanol–water partition coefficient (Wildman–Crippen LogP) is 0.507. The third-order valence-electron chi connectivity index (χ3n) is 2.12. The van der Waals surface area contributed by atoms with E-state index in [1.807, 2.05) is 12.2 Å². The number of nitrogens with two attached hydrogens (primary N) is 1. The smallest absolute Gasteiger partial charge is 0.193 e. The molecule has 1 aliphatic carbocycles. The SMILES string of the molecule is CC12CC=CC=C1NC(N)=N2. The largest absolute Gasteiger partial charge is 0.370 e. The molecule has 0 bridgehead atoms. The van der Waals surface area contributed by atoms with E-state index in [1.165, 1.54) is 0 Å². The molecule has 0 aromatic heterocycles. The minimum absolute atomic E-state index is 0.112. The van der Waals surface area contributed by atoms with Crippen molar-refractivity contribution in [2.75, 3.05) is 0 Å². The van der Waals surface area contributed by atoms with Crippen molar-refractivity contribution < 1.29 is 0 Å². The first-order valence-electron chi connectivity index (χ1n) is 3.70. The Balaban J connectivity index is 2.41. The third-order valence-corrected chi connectivity index (χ3v) is 2.12. The first kappa shape index (κ1) is 6.46. The van der Waals surface area contributed by atoms with Crippen LogP contribution in [0.2, 0.25) is 0 Å². The summed E-state index contributed by atoms with van der Waals surface area (Å²) >= 11 is 0. The van der Waals surface area contributed by atoms with Gasteiger partial charge in [0.1, 0.15) is 5.54 Å². The van der Waals surface area contributed by atoms with Crippen LogP contribution in [0.1, 0.15) is 13.3 Å². The number of nitrogens with zero attached hydrogens (tertiary/aromatic N) is 1. The van der Waals surface area contributed by atoms with Gasteiger partial charge in [0.05, 0.1) is 0 Å². The third kappa shape index (κ3) is 0.843. The Morgan fingerprint density at radius 2 is 2.55 bits per heavy atom. The molecule has 0 aromatic carbocycles. The summed E-state index contributed by atoms with van der Waals surface area (Å²) in [5, 5.41) is 3.03. The van der Waals surface area contributed by atoms with Crippen molar-refractivity contribution in [1.82, 2.24) is 5.32 Å². The highest BCUT2D eigenvalue weighted by Gasteiger charge is 2.33. The second-order valence-corrected chi connectivity index (χ2v) is 3.11. The van der Waals surface area contributed by atoms with E-state index in [1.54, 1.807) is 0 Å². The lowest BCUT2D eigenvalue weighted by molar-refractivity contribution is 0.563. The summed E-state index contributed by atoms with van der Waals surface area (Å²) in [4.78, 5) is 4.31. The molecule has 3 heteroatoms. The molecule has 1 atom stereocenters. The van der Waals surface area contributed by atoms with Crippen LogP contribution in [0, 0.1) is 0 Å². The van der Waals surface area contributed by atoms with E-state index in [4.69, 9.17) is 5.73 Å². The Morgan fingerprint density at radius 3 is 3.27 bits per heavy atom. The van der Waals surface area contributed by atoms with Gasteiger partial charge in [-0.1, -0.05) is 12.2 Å². The van der Waals surface area contributed by atoms with Crippen molar-refractivity contribution in [3.05, 3.63) is 23.9 Å². The van der Waals surface area contributed by atoms with Crippen LogP contribution in [0.5, 0.6) is 0 Å². The normalized spacial score (nSPS) is 33.9. The molecule has 0 spiro atoms. The minimum atomic E-state index is -0.112. The highest BCUT2D eigenvalue weighted by atomic mass is 15.2. The van der Waals surface area contributed by atoms with Crippen LogP contribution in [-0.4, -0.2) is 11.5 Å². The molecule has 0 saturated carbocycles. The number of hydrogen-bond acceptors (Lipinski definition) is 3. The Labute approximate surface area is 65.7 Å². The van der Waals surface area contributed by atoms with Gasteiger partial charge in [-0.05, 0) is 19.4 Å². The van der Waals surface area contributed by atoms with E-state index in [-0.39, 0.29) is 5.54 Å². The quantitative estimate of drug-likeness (QED) is 0.527. The summed E-state index contributed by atoms with van der Waals surface area (Å²) < 4.78 is 0. The zero-order valence-electron chi connectivity index (χ0n) is 6.46. The molecule has 58 valence electrons. The van der Waals surface area contributed by atoms with Gasteiger partial charge >= 0.3 is 0 Å². The second-order valence-electron chi connectivity index (χ2n) is 3.11. The van der Waals surface area contributed by atoms with Crippen LogP contribution in [0.4, 0.5) is 0 Å². The van der Waals surface area contributed by atoms with Gasteiger partial charge in [-0.2, -0.15) is 0 Å². The summed E-state index contributed by atoms with van der Waals surface area (Å²) in [5.41, 5.74) is 6.55. The van der Waals surface area contributed by atoms with Crippen LogP contribution < -0.4 is 11.1 Å². The first-order valence-corrected chi connectivity index (χ1v) is 3.70. The molecule has 1 unspecified atom stereocenters. The highest BCUT2D eigenvalue weighted by Crippen LogP contribution is 2.30. The monoisotopic (exact) mass is 149 g/mol. The van der Waals surface area contributed by atoms with E-state index >= 15 is 0 Å². The molecule has 3 N–H and O–H groups in total. The Bertz CT molecular complexity index is 275. The molecule has 0 saturated heterocycles. The summed E-state index contributed by atoms with van der Waals surface area (Å²) in [6.07, 6.45) is 7.09. The Hall–Kier alpha value is -1.25. The molecule has 3 nitrogen and oxygen atoms in total. The molecule has 2 rings (SSSR count). The molecule has 0 aromatic rings. The summed E-state index contributed by atoms with van der Waals surface area (Å²) in [6, 6.07) is 0. The van der Waals surface area contributed by atoms with Gasteiger partial charge < -0.3 is 11.1 Å². The van der Waals surface area contributed by atoms with Crippen LogP contribution in [-0.2, 0) is 0 Å². The maximum Gasteiger partial charge on any atom is 0.193 e. The zero-order chi connectivity index (χ0) is 7.90. The first-order chi connectivity index (χ1) is 5.21. The topological polar surface area (TPSA) is 50.4 Å². The average Bonchev–Trinajstić information content (AvgIpc) is 2.22. The van der Waals surface area contributed by atoms with Gasteiger partial charge in [0, 0.05) is 5.70 Å². The van der Waals surface area contributed by atoms with Crippen LogP contribution in [0.25, 0.3) is 0 Å². The molecule has 11 heavy (non-hydrogen) atoms. The zero-order valence-corrected chi connectivity index (χ0v) is 6.46. The number of allylic oxidation sites excluding steroid dienone is 2. The fraction of sp³-hybridized carbons (Fsp3) is 0.375. The van der Waals surface area contributed by atoms with Gasteiger partial charge in [-0.3, -0.25) is 0 Å².